The summed E-state index contributed by atoms with van der Waals surface area (Å²) in [7, 11) is 3.61. The smallest absolute Gasteiger partial charge is 0.384 e. The van der Waals surface area contributed by atoms with Crippen molar-refractivity contribution in [1.82, 2.24) is 28.6 Å². The van der Waals surface area contributed by atoms with Crippen LogP contribution in [0.5, 0.6) is 0 Å². The summed E-state index contributed by atoms with van der Waals surface area (Å²) >= 11 is 4.61. The summed E-state index contributed by atoms with van der Waals surface area (Å²) in [6, 6.07) is 8.66. The van der Waals surface area contributed by atoms with Gasteiger partial charge >= 0.3 is 11.9 Å². The van der Waals surface area contributed by atoms with Crippen molar-refractivity contribution in [1.29, 1.82) is 0 Å². The van der Waals surface area contributed by atoms with Gasteiger partial charge in [0.25, 0.3) is 0 Å². The molecule has 0 N–H and O–H groups in total. The molecule has 0 amide bonds. The first-order chi connectivity index (χ1) is 20.5. The first-order valence-electron chi connectivity index (χ1n) is 14.7. The average molecular weight is 615 g/mol. The van der Waals surface area contributed by atoms with Gasteiger partial charge in [0.05, 0.1) is 16.8 Å². The molecule has 1 saturated heterocycles. The van der Waals surface area contributed by atoms with Gasteiger partial charge in [-0.25, -0.2) is 4.79 Å². The van der Waals surface area contributed by atoms with Crippen molar-refractivity contribution in [3.63, 3.8) is 0 Å². The standard InChI is InChI=1S/C31H37F3N6O2S/c1-19-13-38(8-7-27(19)43)14-21-11-25(31(32,33)34)26-16-39(30(41)40(26)15-21)24-6-4-5-22(12-24)28(29-36-35-18-37(29)2)23-9-20(10-23)17-42-3/h4-6,11-12,15-16,18-20,23,27-28,43H,7-10,13-14,17H2,1-3H3/t19-,20-,23+,27?,28+/m1/s1. The number of pyridine rings is 1. The number of rotatable bonds is 8. The van der Waals surface area contributed by atoms with Crippen molar-refractivity contribution >= 4 is 18.1 Å². The Labute approximate surface area is 253 Å². The summed E-state index contributed by atoms with van der Waals surface area (Å²) in [6.07, 6.45) is 2.71. The van der Waals surface area contributed by atoms with Crippen LogP contribution in [0.25, 0.3) is 11.2 Å². The number of alkyl halides is 3. The first kappa shape index (κ1) is 30.0. The minimum atomic E-state index is -4.62. The molecule has 6 rings (SSSR count). The van der Waals surface area contributed by atoms with Gasteiger partial charge in [-0.15, -0.1) is 10.2 Å². The van der Waals surface area contributed by atoms with Crippen LogP contribution in [0, 0.1) is 17.8 Å². The van der Waals surface area contributed by atoms with Crippen molar-refractivity contribution in [3.8, 4) is 5.69 Å². The number of aryl methyl sites for hydroxylation is 1. The lowest BCUT2D eigenvalue weighted by Gasteiger charge is -2.40. The van der Waals surface area contributed by atoms with E-state index in [1.165, 1.54) is 16.8 Å². The number of thiol groups is 1. The molecular formula is C31H37F3N6O2S. The molecule has 4 heterocycles. The maximum Gasteiger partial charge on any atom is 0.418 e. The topological polar surface area (TPSA) is 69.6 Å². The lowest BCUT2D eigenvalue weighted by Crippen LogP contribution is -2.39. The third-order valence-corrected chi connectivity index (χ3v) is 9.92. The first-order valence-corrected chi connectivity index (χ1v) is 15.2. The molecule has 8 nitrogen and oxygen atoms in total. The van der Waals surface area contributed by atoms with E-state index in [-0.39, 0.29) is 16.7 Å². The Kier molecular flexibility index (Phi) is 8.20. The molecule has 230 valence electrons. The molecule has 12 heteroatoms. The van der Waals surface area contributed by atoms with Gasteiger partial charge in [0, 0.05) is 57.4 Å². The highest BCUT2D eigenvalue weighted by Crippen LogP contribution is 2.46. The lowest BCUT2D eigenvalue weighted by atomic mass is 9.66. The number of ether oxygens (including phenoxy) is 1. The minimum Gasteiger partial charge on any atom is -0.384 e. The van der Waals surface area contributed by atoms with E-state index in [2.05, 4.69) is 34.6 Å². The molecule has 2 aliphatic rings. The number of aromatic nitrogens is 5. The van der Waals surface area contributed by atoms with E-state index < -0.39 is 17.4 Å². The summed E-state index contributed by atoms with van der Waals surface area (Å²) in [5.41, 5.74) is 0.378. The van der Waals surface area contributed by atoms with E-state index in [0.717, 1.165) is 48.1 Å². The number of hydrogen-bond donors (Lipinski definition) is 1. The molecule has 1 aromatic carbocycles. The van der Waals surface area contributed by atoms with Crippen LogP contribution in [-0.4, -0.2) is 60.7 Å². The van der Waals surface area contributed by atoms with Crippen molar-refractivity contribution in [2.24, 2.45) is 24.8 Å². The van der Waals surface area contributed by atoms with Crippen LogP contribution >= 0.6 is 12.6 Å². The minimum absolute atomic E-state index is 0.0746. The molecular weight excluding hydrogens is 577 g/mol. The summed E-state index contributed by atoms with van der Waals surface area (Å²) in [5.74, 6) is 1.84. The van der Waals surface area contributed by atoms with Crippen LogP contribution < -0.4 is 5.69 Å². The van der Waals surface area contributed by atoms with Gasteiger partial charge < -0.3 is 9.30 Å². The zero-order valence-corrected chi connectivity index (χ0v) is 25.4. The van der Waals surface area contributed by atoms with Crippen molar-refractivity contribution < 1.29 is 17.9 Å². The number of nitrogens with zero attached hydrogens (tertiary/aromatic N) is 6. The molecule has 0 bridgehead atoms. The predicted molar refractivity (Wildman–Crippen MR) is 161 cm³/mol. The number of piperidine rings is 1. The number of hydrogen-bond acceptors (Lipinski definition) is 6. The lowest BCUT2D eigenvalue weighted by molar-refractivity contribution is -0.136. The molecule has 43 heavy (non-hydrogen) atoms. The summed E-state index contributed by atoms with van der Waals surface area (Å²) in [5, 5.41) is 8.78. The van der Waals surface area contributed by atoms with Gasteiger partial charge in [-0.3, -0.25) is 13.9 Å². The van der Waals surface area contributed by atoms with E-state index >= 15 is 0 Å². The Morgan fingerprint density at radius 2 is 1.98 bits per heavy atom. The van der Waals surface area contributed by atoms with Crippen LogP contribution in [0.2, 0.25) is 0 Å². The summed E-state index contributed by atoms with van der Waals surface area (Å²) < 4.78 is 52.7. The zero-order valence-electron chi connectivity index (χ0n) is 24.5. The van der Waals surface area contributed by atoms with Crippen molar-refractivity contribution in [2.75, 3.05) is 26.8 Å². The molecule has 3 aromatic heterocycles. The number of benzene rings is 1. The Balaban J connectivity index is 1.38. The van der Waals surface area contributed by atoms with E-state index in [9.17, 15) is 18.0 Å². The molecule has 0 spiro atoms. The molecule has 3 atom stereocenters. The van der Waals surface area contributed by atoms with E-state index in [0.29, 0.717) is 42.2 Å². The largest absolute Gasteiger partial charge is 0.418 e. The van der Waals surface area contributed by atoms with Crippen LogP contribution in [0.1, 0.15) is 54.6 Å². The SMILES string of the molecule is COC[C@H]1C[C@@H]([C@H](c2cccc(-n3cc4c(C(F)(F)F)cc(CN5CCC(S)[C@H](C)C5)cn4c3=O)c2)c2nncn2C)C1. The second-order valence-electron chi connectivity index (χ2n) is 12.3. The zero-order chi connectivity index (χ0) is 30.5. The van der Waals surface area contributed by atoms with E-state index in [4.69, 9.17) is 4.74 Å². The molecule has 4 aromatic rings. The molecule has 1 saturated carbocycles. The van der Waals surface area contributed by atoms with E-state index in [1.807, 2.05) is 29.8 Å². The summed E-state index contributed by atoms with van der Waals surface area (Å²) in [6.45, 7) is 4.63. The number of likely N-dealkylation sites (tertiary alicyclic amines) is 1. The van der Waals surface area contributed by atoms with Gasteiger partial charge in [-0.05, 0) is 72.9 Å². The maximum atomic E-state index is 14.3. The third kappa shape index (κ3) is 5.88. The second-order valence-corrected chi connectivity index (χ2v) is 13.0. The summed E-state index contributed by atoms with van der Waals surface area (Å²) in [4.78, 5) is 15.9. The molecule has 0 radical (unpaired) electrons. The van der Waals surface area contributed by atoms with Crippen LogP contribution in [-0.2, 0) is 24.5 Å². The number of methoxy groups -OCH3 is 1. The third-order valence-electron chi connectivity index (χ3n) is 9.16. The van der Waals surface area contributed by atoms with Gasteiger partial charge in [0.15, 0.2) is 0 Å². The molecule has 1 aliphatic heterocycles. The average Bonchev–Trinajstić information content (AvgIpc) is 3.51. The van der Waals surface area contributed by atoms with Crippen molar-refractivity contribution in [2.45, 2.75) is 50.1 Å². The van der Waals surface area contributed by atoms with Crippen LogP contribution in [0.4, 0.5) is 13.2 Å². The highest BCUT2D eigenvalue weighted by atomic mass is 32.1. The van der Waals surface area contributed by atoms with Gasteiger partial charge in [-0.2, -0.15) is 25.8 Å². The van der Waals surface area contributed by atoms with Crippen LogP contribution in [0.3, 0.4) is 0 Å². The van der Waals surface area contributed by atoms with E-state index in [1.54, 1.807) is 25.7 Å². The molecule has 1 aliphatic carbocycles. The fourth-order valence-corrected chi connectivity index (χ4v) is 7.08. The molecule has 1 unspecified atom stereocenters. The van der Waals surface area contributed by atoms with Crippen molar-refractivity contribution in [3.05, 3.63) is 82.1 Å². The maximum absolute atomic E-state index is 14.3. The fraction of sp³-hybridized carbons (Fsp3) is 0.516. The predicted octanol–water partition coefficient (Wildman–Crippen LogP) is 5.18. The Bertz CT molecular complexity index is 1660. The highest BCUT2D eigenvalue weighted by Gasteiger charge is 2.39. The van der Waals surface area contributed by atoms with Gasteiger partial charge in [0.1, 0.15) is 12.2 Å². The van der Waals surface area contributed by atoms with Gasteiger partial charge in [0.2, 0.25) is 0 Å². The number of fused-ring (bicyclic) bond motifs is 1. The molecule has 2 fully saturated rings. The Morgan fingerprint density at radius 3 is 2.65 bits per heavy atom. The monoisotopic (exact) mass is 614 g/mol. The quantitative estimate of drug-likeness (QED) is 0.277. The van der Waals surface area contributed by atoms with Gasteiger partial charge in [-0.1, -0.05) is 19.1 Å². The Hall–Kier alpha value is -3.09. The Morgan fingerprint density at radius 1 is 1.19 bits per heavy atom. The number of halogens is 3. The normalized spacial score (nSPS) is 23.9. The highest BCUT2D eigenvalue weighted by molar-refractivity contribution is 7.81. The fourth-order valence-electron chi connectivity index (χ4n) is 6.87. The number of imidazole rings is 1. The van der Waals surface area contributed by atoms with Crippen LogP contribution in [0.15, 0.2) is 53.8 Å². The second kappa shape index (κ2) is 11.8.